The molecule has 0 saturated heterocycles. The van der Waals surface area contributed by atoms with Gasteiger partial charge in [0.05, 0.1) is 13.2 Å². The van der Waals surface area contributed by atoms with Crippen molar-refractivity contribution in [1.82, 2.24) is 9.88 Å². The molecular weight excluding hydrogens is 284 g/mol. The number of pyridine rings is 1. The molecule has 0 aliphatic rings. The number of hydrogen-bond acceptors (Lipinski definition) is 4. The summed E-state index contributed by atoms with van der Waals surface area (Å²) in [6.45, 7) is 1.72. The van der Waals surface area contributed by atoms with Crippen LogP contribution in [-0.2, 0) is 9.47 Å². The number of H-pyrrole nitrogens is 1. The van der Waals surface area contributed by atoms with Crippen molar-refractivity contribution in [2.24, 2.45) is 0 Å². The zero-order valence-electron chi connectivity index (χ0n) is 12.8. The van der Waals surface area contributed by atoms with Crippen molar-refractivity contribution in [2.75, 3.05) is 40.5 Å². The van der Waals surface area contributed by atoms with Crippen LogP contribution in [-0.4, -0.2) is 56.3 Å². The number of amides is 1. The largest absolute Gasteiger partial charge is 0.383 e. The second-order valence-corrected chi connectivity index (χ2v) is 4.88. The highest BCUT2D eigenvalue weighted by Crippen LogP contribution is 2.11. The Morgan fingerprint density at radius 1 is 1.14 bits per heavy atom. The number of aromatic amines is 1. The first kappa shape index (κ1) is 16.2. The molecule has 1 heterocycles. The predicted molar refractivity (Wildman–Crippen MR) is 84.2 cm³/mol. The van der Waals surface area contributed by atoms with Gasteiger partial charge in [0.1, 0.15) is 5.69 Å². The smallest absolute Gasteiger partial charge is 0.270 e. The summed E-state index contributed by atoms with van der Waals surface area (Å²) in [7, 11) is 3.16. The minimum atomic E-state index is -0.264. The summed E-state index contributed by atoms with van der Waals surface area (Å²) in [5.74, 6) is -0.239. The van der Waals surface area contributed by atoms with E-state index in [1.807, 2.05) is 12.1 Å². The van der Waals surface area contributed by atoms with Crippen molar-refractivity contribution in [3.63, 3.8) is 0 Å². The number of fused-ring (bicyclic) bond motifs is 1. The highest BCUT2D eigenvalue weighted by molar-refractivity contribution is 5.96. The molecule has 0 aliphatic carbocycles. The lowest BCUT2D eigenvalue weighted by atomic mass is 10.1. The third-order valence-corrected chi connectivity index (χ3v) is 3.40. The zero-order chi connectivity index (χ0) is 15.9. The number of carbonyl (C=O) groups excluding carboxylic acids is 1. The molecule has 22 heavy (non-hydrogen) atoms. The number of nitrogens with one attached hydrogen (secondary N) is 1. The maximum Gasteiger partial charge on any atom is 0.270 e. The quantitative estimate of drug-likeness (QED) is 0.836. The van der Waals surface area contributed by atoms with Gasteiger partial charge in [0, 0.05) is 32.7 Å². The van der Waals surface area contributed by atoms with Gasteiger partial charge < -0.3 is 19.4 Å². The number of ether oxygens (including phenoxy) is 2. The fourth-order valence-electron chi connectivity index (χ4n) is 2.21. The Morgan fingerprint density at radius 2 is 1.77 bits per heavy atom. The molecule has 1 aromatic heterocycles. The van der Waals surface area contributed by atoms with Gasteiger partial charge in [0.25, 0.3) is 11.5 Å². The molecule has 2 aromatic rings. The summed E-state index contributed by atoms with van der Waals surface area (Å²) < 4.78 is 10.1. The monoisotopic (exact) mass is 304 g/mol. The molecule has 0 radical (unpaired) electrons. The number of carbonyl (C=O) groups is 1. The average molecular weight is 304 g/mol. The lowest BCUT2D eigenvalue weighted by molar-refractivity contribution is 0.0622. The Morgan fingerprint density at radius 3 is 2.41 bits per heavy atom. The van der Waals surface area contributed by atoms with Crippen molar-refractivity contribution in [2.45, 2.75) is 0 Å². The van der Waals surface area contributed by atoms with Gasteiger partial charge >= 0.3 is 0 Å². The first-order valence-corrected chi connectivity index (χ1v) is 7.06. The van der Waals surface area contributed by atoms with Crippen LogP contribution < -0.4 is 5.56 Å². The van der Waals surface area contributed by atoms with Crippen molar-refractivity contribution in [3.05, 3.63) is 46.4 Å². The van der Waals surface area contributed by atoms with Crippen molar-refractivity contribution in [3.8, 4) is 0 Å². The fourth-order valence-corrected chi connectivity index (χ4v) is 2.21. The summed E-state index contributed by atoms with van der Waals surface area (Å²) in [6, 6.07) is 8.88. The first-order chi connectivity index (χ1) is 10.7. The van der Waals surface area contributed by atoms with Crippen LogP contribution in [0.1, 0.15) is 10.5 Å². The van der Waals surface area contributed by atoms with Crippen LogP contribution in [0.2, 0.25) is 0 Å². The standard InChI is InChI=1S/C16H20N2O4/c1-21-9-7-18(8-10-22-2)16(20)14-11-12-5-3-4-6-13(12)15(19)17-14/h3-6,11H,7-10H2,1-2H3,(H,17,19). The minimum absolute atomic E-state index is 0.239. The maximum atomic E-state index is 12.6. The molecule has 0 aliphatic heterocycles. The Balaban J connectivity index is 2.31. The molecule has 0 atom stereocenters. The number of hydrogen-bond donors (Lipinski definition) is 1. The van der Waals surface area contributed by atoms with Crippen molar-refractivity contribution in [1.29, 1.82) is 0 Å². The SMILES string of the molecule is COCCN(CCOC)C(=O)c1cc2ccccc2c(=O)[nH]1. The van der Waals surface area contributed by atoms with Crippen LogP contribution in [0.25, 0.3) is 10.8 Å². The second kappa shape index (κ2) is 7.72. The maximum absolute atomic E-state index is 12.6. The normalized spacial score (nSPS) is 10.8. The van der Waals surface area contributed by atoms with E-state index in [0.717, 1.165) is 5.39 Å². The van der Waals surface area contributed by atoms with E-state index >= 15 is 0 Å². The summed E-state index contributed by atoms with van der Waals surface area (Å²) in [6.07, 6.45) is 0. The highest BCUT2D eigenvalue weighted by Gasteiger charge is 2.17. The molecule has 1 N–H and O–H groups in total. The predicted octanol–water partition coefficient (Wildman–Crippen LogP) is 1.26. The van der Waals surface area contributed by atoms with E-state index < -0.39 is 0 Å². The minimum Gasteiger partial charge on any atom is -0.383 e. The molecule has 118 valence electrons. The fraction of sp³-hybridized carbons (Fsp3) is 0.375. The molecule has 6 nitrogen and oxygen atoms in total. The van der Waals surface area contributed by atoms with Gasteiger partial charge in [0.15, 0.2) is 0 Å². The van der Waals surface area contributed by atoms with Crippen molar-refractivity contribution >= 4 is 16.7 Å². The summed E-state index contributed by atoms with van der Waals surface area (Å²) in [5.41, 5.74) is 0.00999. The van der Waals surface area contributed by atoms with E-state index in [0.29, 0.717) is 31.7 Å². The molecule has 0 spiro atoms. The molecule has 6 heteroatoms. The van der Waals surface area contributed by atoms with Gasteiger partial charge in [-0.15, -0.1) is 0 Å². The van der Waals surface area contributed by atoms with E-state index in [2.05, 4.69) is 4.98 Å². The van der Waals surface area contributed by atoms with Crippen LogP contribution in [0.15, 0.2) is 35.1 Å². The molecule has 1 aromatic carbocycles. The Hall–Kier alpha value is -2.18. The lowest BCUT2D eigenvalue weighted by Gasteiger charge is -2.22. The lowest BCUT2D eigenvalue weighted by Crippen LogP contribution is -2.37. The molecule has 0 fully saturated rings. The topological polar surface area (TPSA) is 71.6 Å². The molecule has 0 unspecified atom stereocenters. The number of rotatable bonds is 7. The van der Waals surface area contributed by atoms with E-state index in [1.54, 1.807) is 37.3 Å². The molecule has 0 bridgehead atoms. The van der Waals surface area contributed by atoms with E-state index in [4.69, 9.17) is 9.47 Å². The van der Waals surface area contributed by atoms with Crippen LogP contribution in [0.5, 0.6) is 0 Å². The third-order valence-electron chi connectivity index (χ3n) is 3.40. The summed E-state index contributed by atoms with van der Waals surface area (Å²) in [4.78, 5) is 28.9. The van der Waals surface area contributed by atoms with Crippen LogP contribution in [0.3, 0.4) is 0 Å². The van der Waals surface area contributed by atoms with E-state index in [1.165, 1.54) is 0 Å². The van der Waals surface area contributed by atoms with Gasteiger partial charge in [0.2, 0.25) is 0 Å². The Bertz CT molecular complexity index is 688. The molecular formula is C16H20N2O4. The van der Waals surface area contributed by atoms with Gasteiger partial charge in [-0.05, 0) is 17.5 Å². The Labute approximate surface area is 128 Å². The summed E-state index contributed by atoms with van der Waals surface area (Å²) in [5, 5.41) is 1.31. The number of aromatic nitrogens is 1. The zero-order valence-corrected chi connectivity index (χ0v) is 12.8. The van der Waals surface area contributed by atoms with Crippen LogP contribution in [0, 0.1) is 0 Å². The van der Waals surface area contributed by atoms with Crippen LogP contribution in [0.4, 0.5) is 0 Å². The van der Waals surface area contributed by atoms with Gasteiger partial charge in [-0.1, -0.05) is 18.2 Å². The van der Waals surface area contributed by atoms with Crippen LogP contribution >= 0.6 is 0 Å². The molecule has 2 rings (SSSR count). The molecule has 0 saturated carbocycles. The van der Waals surface area contributed by atoms with Gasteiger partial charge in [-0.2, -0.15) is 0 Å². The van der Waals surface area contributed by atoms with E-state index in [-0.39, 0.29) is 17.2 Å². The first-order valence-electron chi connectivity index (χ1n) is 7.06. The Kier molecular flexibility index (Phi) is 5.68. The van der Waals surface area contributed by atoms with E-state index in [9.17, 15) is 9.59 Å². The third kappa shape index (κ3) is 3.72. The second-order valence-electron chi connectivity index (χ2n) is 4.88. The van der Waals surface area contributed by atoms with Crippen molar-refractivity contribution < 1.29 is 14.3 Å². The van der Waals surface area contributed by atoms with Gasteiger partial charge in [-0.25, -0.2) is 0 Å². The summed E-state index contributed by atoms with van der Waals surface area (Å²) >= 11 is 0. The number of benzene rings is 1. The average Bonchev–Trinajstić information content (AvgIpc) is 2.54. The number of nitrogens with zero attached hydrogens (tertiary/aromatic N) is 1. The number of methoxy groups -OCH3 is 2. The van der Waals surface area contributed by atoms with Gasteiger partial charge in [-0.3, -0.25) is 9.59 Å². The molecule has 1 amide bonds. The highest BCUT2D eigenvalue weighted by atomic mass is 16.5.